The molecule has 9 rings (SSSR count). The zero-order valence-electron chi connectivity index (χ0n) is 18.7. The number of hydrogen-bond donors (Lipinski definition) is 0. The third-order valence-corrected chi connectivity index (χ3v) is 9.23. The summed E-state index contributed by atoms with van der Waals surface area (Å²) in [5.74, 6) is 1.22. The smallest absolute Gasteiger partial charge is 0.431 e. The molecule has 5 aromatic rings. The summed E-state index contributed by atoms with van der Waals surface area (Å²) in [6, 6.07) is 37.6. The number of nitrogens with zero attached hydrogens (tertiary/aromatic N) is 1. The van der Waals surface area contributed by atoms with Crippen LogP contribution < -0.4 is 31.4 Å². The number of hydrogen-bond acceptors (Lipinski definition) is 3. The SMILES string of the molecule is c1ccc2c(c1)OB1c3ccccc3N3c4ccccc4B4Sc5ccccc5-c5cc-2c1c3c54. The summed E-state index contributed by atoms with van der Waals surface area (Å²) in [5.41, 5.74) is 14.3. The molecule has 0 spiro atoms. The van der Waals surface area contributed by atoms with Crippen LogP contribution in [0.3, 0.4) is 0 Å². The number of benzene rings is 5. The van der Waals surface area contributed by atoms with Gasteiger partial charge in [0, 0.05) is 33.0 Å². The van der Waals surface area contributed by atoms with E-state index in [1.165, 1.54) is 66.1 Å². The van der Waals surface area contributed by atoms with E-state index in [1.54, 1.807) is 0 Å². The predicted octanol–water partition coefficient (Wildman–Crippen LogP) is 4.83. The first-order chi connectivity index (χ1) is 17.4. The van der Waals surface area contributed by atoms with Gasteiger partial charge in [0.1, 0.15) is 5.75 Å². The highest BCUT2D eigenvalue weighted by molar-refractivity contribution is 8.28. The minimum absolute atomic E-state index is 0.110. The van der Waals surface area contributed by atoms with Gasteiger partial charge in [-0.2, -0.15) is 11.6 Å². The molecule has 0 amide bonds. The summed E-state index contributed by atoms with van der Waals surface area (Å²) in [6.07, 6.45) is 0. The molecule has 0 radical (unpaired) electrons. The van der Waals surface area contributed by atoms with Crippen molar-refractivity contribution < 1.29 is 4.65 Å². The second-order valence-electron chi connectivity index (χ2n) is 9.59. The molecule has 5 aromatic carbocycles. The molecule has 0 aliphatic carbocycles. The fraction of sp³-hybridized carbons (Fsp3) is 0. The third-order valence-electron chi connectivity index (χ3n) is 7.89. The second kappa shape index (κ2) is 6.44. The third kappa shape index (κ3) is 2.21. The molecule has 0 saturated carbocycles. The van der Waals surface area contributed by atoms with Crippen LogP contribution in [0, 0.1) is 0 Å². The fourth-order valence-electron chi connectivity index (χ4n) is 6.51. The lowest BCUT2D eigenvalue weighted by Crippen LogP contribution is -2.62. The van der Waals surface area contributed by atoms with E-state index in [0.717, 1.165) is 5.75 Å². The number of fused-ring (bicyclic) bond motifs is 10. The molecular weight excluding hydrogens is 444 g/mol. The van der Waals surface area contributed by atoms with E-state index >= 15 is 0 Å². The minimum Gasteiger partial charge on any atom is -0.551 e. The monoisotopic (exact) mass is 461 g/mol. The maximum Gasteiger partial charge on any atom is 0.431 e. The van der Waals surface area contributed by atoms with Crippen molar-refractivity contribution in [3.05, 3.63) is 103 Å². The molecule has 35 heavy (non-hydrogen) atoms. The molecule has 160 valence electrons. The Hall–Kier alpha value is -3.82. The first-order valence-corrected chi connectivity index (χ1v) is 13.0. The summed E-state index contributed by atoms with van der Waals surface area (Å²) in [7, 11) is 0. The molecule has 0 saturated heterocycles. The van der Waals surface area contributed by atoms with E-state index in [1.807, 2.05) is 11.6 Å². The minimum atomic E-state index is -0.110. The average Bonchev–Trinajstić information content (AvgIpc) is 2.93. The summed E-state index contributed by atoms with van der Waals surface area (Å²) in [4.78, 5) is 3.87. The van der Waals surface area contributed by atoms with Crippen molar-refractivity contribution in [2.75, 3.05) is 4.90 Å². The van der Waals surface area contributed by atoms with Crippen molar-refractivity contribution in [1.29, 1.82) is 0 Å². The van der Waals surface area contributed by atoms with Crippen LogP contribution in [0.15, 0.2) is 108 Å². The molecule has 4 heterocycles. The second-order valence-corrected chi connectivity index (χ2v) is 10.7. The van der Waals surface area contributed by atoms with Gasteiger partial charge in [0.05, 0.1) is 0 Å². The number of rotatable bonds is 0. The maximum absolute atomic E-state index is 6.79. The quantitative estimate of drug-likeness (QED) is 0.307. The topological polar surface area (TPSA) is 12.5 Å². The maximum atomic E-state index is 6.79. The normalized spacial score (nSPS) is 14.8. The van der Waals surface area contributed by atoms with Crippen molar-refractivity contribution in [1.82, 2.24) is 0 Å². The Morgan fingerprint density at radius 1 is 0.600 bits per heavy atom. The zero-order chi connectivity index (χ0) is 22.7. The van der Waals surface area contributed by atoms with Gasteiger partial charge >= 0.3 is 6.92 Å². The average molecular weight is 461 g/mol. The van der Waals surface area contributed by atoms with Gasteiger partial charge in [0.15, 0.2) is 0 Å². The molecule has 0 fully saturated rings. The fourth-order valence-corrected chi connectivity index (χ4v) is 7.91. The highest BCUT2D eigenvalue weighted by Crippen LogP contribution is 2.49. The first kappa shape index (κ1) is 18.5. The molecule has 4 aliphatic heterocycles. The molecule has 0 N–H and O–H groups in total. The summed E-state index contributed by atoms with van der Waals surface area (Å²) >= 11 is 1.99. The Kier molecular flexibility index (Phi) is 3.40. The predicted molar refractivity (Wildman–Crippen MR) is 149 cm³/mol. The van der Waals surface area contributed by atoms with Gasteiger partial charge in [0.25, 0.3) is 5.99 Å². The van der Waals surface area contributed by atoms with Crippen LogP contribution in [0.4, 0.5) is 17.1 Å². The van der Waals surface area contributed by atoms with Crippen molar-refractivity contribution in [3.8, 4) is 28.0 Å². The molecule has 0 bridgehead atoms. The lowest BCUT2D eigenvalue weighted by molar-refractivity contribution is 0.590. The van der Waals surface area contributed by atoms with Crippen molar-refractivity contribution in [2.45, 2.75) is 4.90 Å². The van der Waals surface area contributed by atoms with Gasteiger partial charge in [-0.25, -0.2) is 0 Å². The Bertz CT molecular complexity index is 1630. The van der Waals surface area contributed by atoms with E-state index in [9.17, 15) is 0 Å². The largest absolute Gasteiger partial charge is 0.551 e. The van der Waals surface area contributed by atoms with Crippen LogP contribution in [-0.4, -0.2) is 12.9 Å². The van der Waals surface area contributed by atoms with Gasteiger partial charge in [0.2, 0.25) is 0 Å². The van der Waals surface area contributed by atoms with E-state index in [4.69, 9.17) is 4.65 Å². The molecule has 0 atom stereocenters. The standard InChI is InChI=1S/C30H17B2NOS/c1-7-15-26-18(9-1)20-17-21-19-10-2-8-16-27(19)35-32-23-12-4-6-14-25(23)33-24-13-5-3-11-22(24)31(34-26)28(20)30(33)29(21)32/h1-17H. The number of para-hydroxylation sites is 3. The molecular formula is C30H17B2NOS. The Morgan fingerprint density at radius 3 is 2.14 bits per heavy atom. The van der Waals surface area contributed by atoms with Crippen LogP contribution in [0.5, 0.6) is 5.75 Å². The number of anilines is 3. The van der Waals surface area contributed by atoms with Crippen LogP contribution in [0.25, 0.3) is 22.3 Å². The van der Waals surface area contributed by atoms with Gasteiger partial charge in [-0.05, 0) is 63.4 Å². The Labute approximate surface area is 208 Å². The highest BCUT2D eigenvalue weighted by Gasteiger charge is 2.49. The molecule has 0 aromatic heterocycles. The van der Waals surface area contributed by atoms with Gasteiger partial charge in [-0.3, -0.25) is 0 Å². The van der Waals surface area contributed by atoms with Crippen LogP contribution in [-0.2, 0) is 0 Å². The van der Waals surface area contributed by atoms with Gasteiger partial charge in [-0.15, -0.1) is 0 Å². The Balaban J connectivity index is 1.50. The van der Waals surface area contributed by atoms with Crippen molar-refractivity contribution in [3.63, 3.8) is 0 Å². The summed E-state index contributed by atoms with van der Waals surface area (Å²) < 4.78 is 6.79. The van der Waals surface area contributed by atoms with E-state index < -0.39 is 0 Å². The molecule has 5 heteroatoms. The Morgan fingerprint density at radius 2 is 1.26 bits per heavy atom. The van der Waals surface area contributed by atoms with Gasteiger partial charge in [-0.1, -0.05) is 72.8 Å². The molecule has 4 aliphatic rings. The van der Waals surface area contributed by atoms with Crippen LogP contribution in [0.1, 0.15) is 0 Å². The van der Waals surface area contributed by atoms with E-state index in [0.29, 0.717) is 0 Å². The van der Waals surface area contributed by atoms with E-state index in [2.05, 4.69) is 108 Å². The first-order valence-electron chi connectivity index (χ1n) is 12.1. The van der Waals surface area contributed by atoms with Gasteiger partial charge < -0.3 is 9.55 Å². The molecule has 2 nitrogen and oxygen atoms in total. The lowest BCUT2D eigenvalue weighted by Gasteiger charge is -2.46. The van der Waals surface area contributed by atoms with Crippen LogP contribution >= 0.6 is 11.6 Å². The summed E-state index contributed by atoms with van der Waals surface area (Å²) in [5, 5.41) is 0. The lowest BCUT2D eigenvalue weighted by atomic mass is 9.45. The molecule has 0 unspecified atom stereocenters. The van der Waals surface area contributed by atoms with Crippen molar-refractivity contribution >= 4 is 63.4 Å². The highest BCUT2D eigenvalue weighted by atomic mass is 32.2. The zero-order valence-corrected chi connectivity index (χ0v) is 19.5. The van der Waals surface area contributed by atoms with Crippen LogP contribution in [0.2, 0.25) is 0 Å². The summed E-state index contributed by atoms with van der Waals surface area (Å²) in [6.45, 7) is -0.110. The van der Waals surface area contributed by atoms with Crippen molar-refractivity contribution in [2.24, 2.45) is 0 Å². The van der Waals surface area contributed by atoms with E-state index in [-0.39, 0.29) is 12.9 Å².